The van der Waals surface area contributed by atoms with Gasteiger partial charge in [0.05, 0.1) is 10.6 Å². The van der Waals surface area contributed by atoms with Crippen molar-refractivity contribution in [3.8, 4) is 0 Å². The Hall–Kier alpha value is -2.45. The van der Waals surface area contributed by atoms with Gasteiger partial charge in [-0.1, -0.05) is 0 Å². The van der Waals surface area contributed by atoms with E-state index in [1.807, 2.05) is 6.92 Å². The van der Waals surface area contributed by atoms with Gasteiger partial charge >= 0.3 is 0 Å². The first-order chi connectivity index (χ1) is 13.3. The molecule has 2 aromatic rings. The number of sulfonamides is 1. The second-order valence-electron chi connectivity index (χ2n) is 6.75. The Labute approximate surface area is 164 Å². The lowest BCUT2D eigenvalue weighted by atomic mass is 10.1. The van der Waals surface area contributed by atoms with E-state index < -0.39 is 15.8 Å². The average molecular weight is 406 g/mol. The normalized spacial score (nSPS) is 16.1. The monoisotopic (exact) mass is 406 g/mol. The Morgan fingerprint density at radius 1 is 1.25 bits per heavy atom. The molecule has 0 aliphatic carbocycles. The van der Waals surface area contributed by atoms with Crippen molar-refractivity contribution in [3.05, 3.63) is 59.4 Å². The fourth-order valence-corrected chi connectivity index (χ4v) is 5.04. The number of nitrogens with one attached hydrogen (secondary N) is 1. The van der Waals surface area contributed by atoms with Gasteiger partial charge in [-0.15, -0.1) is 0 Å². The zero-order chi connectivity index (χ0) is 20.3. The Morgan fingerprint density at radius 3 is 2.64 bits per heavy atom. The zero-order valence-electron chi connectivity index (χ0n) is 15.8. The molecule has 28 heavy (non-hydrogen) atoms. The molecule has 1 amide bonds. The third-order valence-corrected chi connectivity index (χ3v) is 6.62. The van der Waals surface area contributed by atoms with Gasteiger partial charge in [0.1, 0.15) is 5.82 Å². The van der Waals surface area contributed by atoms with Crippen LogP contribution in [-0.4, -0.2) is 40.6 Å². The number of amides is 1. The Kier molecular flexibility index (Phi) is 6.00. The fraction of sp³-hybridized carbons (Fsp3) is 0.350. The number of carbonyl (C=O) groups excluding carboxylic acids is 1. The predicted octanol–water partition coefficient (Wildman–Crippen LogP) is 2.73. The molecular formula is C20H23FN2O4S. The van der Waals surface area contributed by atoms with Gasteiger partial charge in [-0.25, -0.2) is 12.8 Å². The van der Waals surface area contributed by atoms with Crippen LogP contribution in [0.5, 0.6) is 0 Å². The summed E-state index contributed by atoms with van der Waals surface area (Å²) in [6.45, 7) is 2.88. The molecule has 0 bridgehead atoms. The standard InChI is InChI=1S/C20H23FN2O4S/c1-14-12-16-13-15(20(24)22-10-3-11-27-2)4-9-19(16)23(14)28(25,26)18-7-5-17(21)6-8-18/h4-9,13-14H,3,10-12H2,1-2H3,(H,22,24)/t14-/m1/s1. The van der Waals surface area contributed by atoms with Crippen LogP contribution in [0, 0.1) is 5.82 Å². The van der Waals surface area contributed by atoms with E-state index in [4.69, 9.17) is 4.74 Å². The smallest absolute Gasteiger partial charge is 0.264 e. The van der Waals surface area contributed by atoms with Gasteiger partial charge in [-0.2, -0.15) is 0 Å². The van der Waals surface area contributed by atoms with Crippen molar-refractivity contribution in [1.82, 2.24) is 5.32 Å². The topological polar surface area (TPSA) is 75.7 Å². The Balaban J connectivity index is 1.84. The number of fused-ring (bicyclic) bond motifs is 1. The van der Waals surface area contributed by atoms with Crippen LogP contribution in [0.2, 0.25) is 0 Å². The van der Waals surface area contributed by atoms with Crippen molar-refractivity contribution in [2.24, 2.45) is 0 Å². The van der Waals surface area contributed by atoms with E-state index in [1.165, 1.54) is 16.4 Å². The molecule has 8 heteroatoms. The molecule has 6 nitrogen and oxygen atoms in total. The van der Waals surface area contributed by atoms with Crippen molar-refractivity contribution in [2.45, 2.75) is 30.7 Å². The maximum absolute atomic E-state index is 13.2. The summed E-state index contributed by atoms with van der Waals surface area (Å²) in [6.07, 6.45) is 1.22. The molecule has 1 aliphatic rings. The van der Waals surface area contributed by atoms with E-state index in [2.05, 4.69) is 5.32 Å². The second kappa shape index (κ2) is 8.28. The van der Waals surface area contributed by atoms with Gasteiger partial charge in [-0.05, 0) is 67.8 Å². The molecule has 1 atom stereocenters. The molecule has 3 rings (SSSR count). The van der Waals surface area contributed by atoms with Crippen molar-refractivity contribution in [3.63, 3.8) is 0 Å². The number of hydrogen-bond donors (Lipinski definition) is 1. The maximum atomic E-state index is 13.2. The summed E-state index contributed by atoms with van der Waals surface area (Å²) in [5, 5.41) is 2.82. The Bertz CT molecular complexity index is 961. The Morgan fingerprint density at radius 2 is 1.96 bits per heavy atom. The molecule has 0 fully saturated rings. The van der Waals surface area contributed by atoms with Gasteiger partial charge in [0.2, 0.25) is 0 Å². The van der Waals surface area contributed by atoms with Crippen LogP contribution in [-0.2, 0) is 21.2 Å². The fourth-order valence-electron chi connectivity index (χ4n) is 3.35. The summed E-state index contributed by atoms with van der Waals surface area (Å²) in [5.41, 5.74) is 1.83. The number of anilines is 1. The minimum absolute atomic E-state index is 0.0357. The molecule has 0 unspecified atom stereocenters. The van der Waals surface area contributed by atoms with Gasteiger partial charge in [0, 0.05) is 31.9 Å². The summed E-state index contributed by atoms with van der Waals surface area (Å²) in [5.74, 6) is -0.693. The number of methoxy groups -OCH3 is 1. The van der Waals surface area contributed by atoms with E-state index in [0.717, 1.165) is 17.7 Å². The third kappa shape index (κ3) is 4.02. The van der Waals surface area contributed by atoms with Crippen LogP contribution >= 0.6 is 0 Å². The van der Waals surface area contributed by atoms with Crippen LogP contribution in [0.3, 0.4) is 0 Å². The summed E-state index contributed by atoms with van der Waals surface area (Å²) in [6, 6.07) is 9.49. The lowest BCUT2D eigenvalue weighted by Crippen LogP contribution is -2.35. The van der Waals surface area contributed by atoms with E-state index in [-0.39, 0.29) is 16.8 Å². The SMILES string of the molecule is COCCCNC(=O)c1ccc2c(c1)C[C@@H](C)N2S(=O)(=O)c1ccc(F)cc1. The van der Waals surface area contributed by atoms with Crippen molar-refractivity contribution < 1.29 is 22.3 Å². The quantitative estimate of drug-likeness (QED) is 0.718. The van der Waals surface area contributed by atoms with E-state index in [1.54, 1.807) is 25.3 Å². The van der Waals surface area contributed by atoms with Gasteiger partial charge in [0.15, 0.2) is 0 Å². The number of nitrogens with zero attached hydrogens (tertiary/aromatic N) is 1. The van der Waals surface area contributed by atoms with E-state index in [9.17, 15) is 17.6 Å². The molecular weight excluding hydrogens is 383 g/mol. The summed E-state index contributed by atoms with van der Waals surface area (Å²) in [7, 11) is -2.21. The number of rotatable bonds is 7. The number of benzene rings is 2. The first kappa shape index (κ1) is 20.3. The largest absolute Gasteiger partial charge is 0.385 e. The summed E-state index contributed by atoms with van der Waals surface area (Å²) in [4.78, 5) is 12.3. The first-order valence-electron chi connectivity index (χ1n) is 9.04. The number of carbonyl (C=O) groups is 1. The highest BCUT2D eigenvalue weighted by Gasteiger charge is 2.36. The molecule has 1 heterocycles. The summed E-state index contributed by atoms with van der Waals surface area (Å²) >= 11 is 0. The number of hydrogen-bond acceptors (Lipinski definition) is 4. The molecule has 1 aliphatic heterocycles. The van der Waals surface area contributed by atoms with Gasteiger partial charge in [0.25, 0.3) is 15.9 Å². The third-order valence-electron chi connectivity index (χ3n) is 4.68. The van der Waals surface area contributed by atoms with Crippen molar-refractivity contribution in [1.29, 1.82) is 0 Å². The minimum Gasteiger partial charge on any atom is -0.385 e. The van der Waals surface area contributed by atoms with Gasteiger partial charge < -0.3 is 10.1 Å². The van der Waals surface area contributed by atoms with Crippen LogP contribution < -0.4 is 9.62 Å². The molecule has 1 N–H and O–H groups in total. The van der Waals surface area contributed by atoms with Crippen LogP contribution in [0.15, 0.2) is 47.4 Å². The van der Waals surface area contributed by atoms with E-state index >= 15 is 0 Å². The molecule has 2 aromatic carbocycles. The first-order valence-corrected chi connectivity index (χ1v) is 10.5. The van der Waals surface area contributed by atoms with Crippen LogP contribution in [0.4, 0.5) is 10.1 Å². The van der Waals surface area contributed by atoms with Crippen molar-refractivity contribution >= 4 is 21.6 Å². The second-order valence-corrected chi connectivity index (χ2v) is 8.57. The molecule has 0 spiro atoms. The lowest BCUT2D eigenvalue weighted by Gasteiger charge is -2.24. The van der Waals surface area contributed by atoms with E-state index in [0.29, 0.717) is 37.2 Å². The number of halogens is 1. The molecule has 0 radical (unpaired) electrons. The maximum Gasteiger partial charge on any atom is 0.264 e. The molecule has 0 saturated heterocycles. The minimum atomic E-state index is -3.82. The highest BCUT2D eigenvalue weighted by atomic mass is 32.2. The van der Waals surface area contributed by atoms with Crippen LogP contribution in [0.1, 0.15) is 29.3 Å². The molecule has 0 aromatic heterocycles. The summed E-state index contributed by atoms with van der Waals surface area (Å²) < 4.78 is 45.6. The zero-order valence-corrected chi connectivity index (χ0v) is 16.6. The average Bonchev–Trinajstić information content (AvgIpc) is 3.01. The highest BCUT2D eigenvalue weighted by molar-refractivity contribution is 7.92. The lowest BCUT2D eigenvalue weighted by molar-refractivity contribution is 0.0948. The van der Waals surface area contributed by atoms with Gasteiger partial charge in [-0.3, -0.25) is 9.10 Å². The molecule has 150 valence electrons. The molecule has 0 saturated carbocycles. The van der Waals surface area contributed by atoms with Crippen LogP contribution in [0.25, 0.3) is 0 Å². The predicted molar refractivity (Wildman–Crippen MR) is 104 cm³/mol. The number of ether oxygens (including phenoxy) is 1. The highest BCUT2D eigenvalue weighted by Crippen LogP contribution is 2.37. The van der Waals surface area contributed by atoms with Crippen molar-refractivity contribution in [2.75, 3.05) is 24.6 Å².